The summed E-state index contributed by atoms with van der Waals surface area (Å²) in [4.78, 5) is 8.95. The maximum atomic E-state index is 4.69. The number of benzene rings is 1. The Hall–Kier alpha value is -1.15. The number of thiazole rings is 1. The molecule has 0 aliphatic carbocycles. The summed E-state index contributed by atoms with van der Waals surface area (Å²) in [5, 5.41) is 9.89. The highest BCUT2D eigenvalue weighted by Gasteiger charge is 2.17. The fourth-order valence-corrected chi connectivity index (χ4v) is 3.05. The van der Waals surface area contributed by atoms with Gasteiger partial charge in [-0.25, -0.2) is 4.98 Å². The highest BCUT2D eigenvalue weighted by atomic mass is 127. The van der Waals surface area contributed by atoms with Crippen LogP contribution in [0.3, 0.4) is 0 Å². The molecule has 2 aromatic rings. The maximum absolute atomic E-state index is 4.69. The van der Waals surface area contributed by atoms with Gasteiger partial charge >= 0.3 is 0 Å². The summed E-state index contributed by atoms with van der Waals surface area (Å²) in [6, 6.07) is 10.5. The van der Waals surface area contributed by atoms with Gasteiger partial charge in [-0.15, -0.1) is 35.3 Å². The van der Waals surface area contributed by atoms with Crippen LogP contribution < -0.4 is 10.6 Å². The van der Waals surface area contributed by atoms with Gasteiger partial charge in [-0.1, -0.05) is 51.1 Å². The number of guanidine groups is 1. The van der Waals surface area contributed by atoms with Crippen LogP contribution in [0.4, 0.5) is 0 Å². The molecule has 1 aromatic carbocycles. The van der Waals surface area contributed by atoms with Crippen molar-refractivity contribution in [3.8, 4) is 0 Å². The second kappa shape index (κ2) is 9.98. The van der Waals surface area contributed by atoms with Crippen molar-refractivity contribution in [3.05, 3.63) is 52.0 Å². The van der Waals surface area contributed by atoms with E-state index in [9.17, 15) is 0 Å². The van der Waals surface area contributed by atoms with Crippen LogP contribution in [0.2, 0.25) is 0 Å². The molecule has 0 aliphatic rings. The third-order valence-electron chi connectivity index (χ3n) is 3.50. The number of aromatic nitrogens is 1. The SMILES string of the molecule is CN=C(NCCc1ccccc1)NCc1nc(C(C)(C)C)cs1.I. The molecular weight excluding hydrogens is 431 g/mol. The van der Waals surface area contributed by atoms with E-state index in [0.29, 0.717) is 6.54 Å². The summed E-state index contributed by atoms with van der Waals surface area (Å²) >= 11 is 1.69. The minimum atomic E-state index is 0. The number of aliphatic imine (C=N–C) groups is 1. The van der Waals surface area contributed by atoms with Crippen molar-refractivity contribution in [1.29, 1.82) is 0 Å². The third-order valence-corrected chi connectivity index (χ3v) is 4.35. The fourth-order valence-electron chi connectivity index (χ4n) is 2.09. The lowest BCUT2D eigenvalue weighted by molar-refractivity contribution is 0.570. The van der Waals surface area contributed by atoms with Crippen molar-refractivity contribution < 1.29 is 0 Å². The van der Waals surface area contributed by atoms with E-state index in [2.05, 4.69) is 71.0 Å². The van der Waals surface area contributed by atoms with Gasteiger partial charge in [0, 0.05) is 24.4 Å². The van der Waals surface area contributed by atoms with Gasteiger partial charge in [0.15, 0.2) is 5.96 Å². The zero-order valence-electron chi connectivity index (χ0n) is 14.8. The summed E-state index contributed by atoms with van der Waals surface area (Å²) in [6.07, 6.45) is 0.979. The average molecular weight is 458 g/mol. The first-order chi connectivity index (χ1) is 11.0. The first-order valence-electron chi connectivity index (χ1n) is 7.92. The number of nitrogens with one attached hydrogen (secondary N) is 2. The predicted octanol–water partition coefficient (Wildman–Crippen LogP) is 3.97. The van der Waals surface area contributed by atoms with Crippen molar-refractivity contribution in [1.82, 2.24) is 15.6 Å². The molecule has 4 nitrogen and oxygen atoms in total. The summed E-state index contributed by atoms with van der Waals surface area (Å²) in [5.41, 5.74) is 2.57. The van der Waals surface area contributed by atoms with Gasteiger partial charge in [0.2, 0.25) is 0 Å². The van der Waals surface area contributed by atoms with E-state index in [1.165, 1.54) is 5.56 Å². The van der Waals surface area contributed by atoms with Crippen LogP contribution in [-0.4, -0.2) is 24.5 Å². The van der Waals surface area contributed by atoms with Crippen LogP contribution in [-0.2, 0) is 18.4 Å². The number of nitrogens with zero attached hydrogens (tertiary/aromatic N) is 2. The van der Waals surface area contributed by atoms with Crippen molar-refractivity contribution in [2.24, 2.45) is 4.99 Å². The molecule has 0 spiro atoms. The Balaban J connectivity index is 0.00000288. The number of halogens is 1. The van der Waals surface area contributed by atoms with Gasteiger partial charge in [0.1, 0.15) is 5.01 Å². The lowest BCUT2D eigenvalue weighted by Crippen LogP contribution is -2.37. The molecule has 24 heavy (non-hydrogen) atoms. The Kier molecular flexibility index (Phi) is 8.69. The maximum Gasteiger partial charge on any atom is 0.191 e. The first kappa shape index (κ1) is 20.9. The molecule has 1 aromatic heterocycles. The van der Waals surface area contributed by atoms with Gasteiger partial charge in [0.05, 0.1) is 12.2 Å². The molecule has 0 fully saturated rings. The monoisotopic (exact) mass is 458 g/mol. The first-order valence-corrected chi connectivity index (χ1v) is 8.80. The Labute approximate surface area is 166 Å². The number of hydrogen-bond acceptors (Lipinski definition) is 3. The van der Waals surface area contributed by atoms with Crippen molar-refractivity contribution >= 4 is 41.3 Å². The van der Waals surface area contributed by atoms with Crippen LogP contribution in [0, 0.1) is 0 Å². The molecule has 0 unspecified atom stereocenters. The molecule has 0 atom stereocenters. The second-order valence-corrected chi connectivity index (χ2v) is 7.41. The molecule has 0 amide bonds. The lowest BCUT2D eigenvalue weighted by atomic mass is 9.93. The normalized spacial score (nSPS) is 11.8. The van der Waals surface area contributed by atoms with Gasteiger partial charge in [0.25, 0.3) is 0 Å². The zero-order valence-corrected chi connectivity index (χ0v) is 17.9. The van der Waals surface area contributed by atoms with Crippen LogP contribution in [0.1, 0.15) is 37.0 Å². The Morgan fingerprint density at radius 1 is 1.17 bits per heavy atom. The summed E-state index contributed by atoms with van der Waals surface area (Å²) in [5.74, 6) is 0.813. The second-order valence-electron chi connectivity index (χ2n) is 6.46. The van der Waals surface area contributed by atoms with Crippen LogP contribution in [0.25, 0.3) is 0 Å². The van der Waals surface area contributed by atoms with E-state index < -0.39 is 0 Å². The molecule has 2 N–H and O–H groups in total. The molecule has 1 heterocycles. The van der Waals surface area contributed by atoms with Crippen LogP contribution >= 0.6 is 35.3 Å². The van der Waals surface area contributed by atoms with Crippen molar-refractivity contribution in [3.63, 3.8) is 0 Å². The molecule has 0 saturated heterocycles. The lowest BCUT2D eigenvalue weighted by Gasteiger charge is -2.14. The van der Waals surface area contributed by atoms with Crippen molar-refractivity contribution in [2.75, 3.05) is 13.6 Å². The minimum absolute atomic E-state index is 0. The molecule has 0 aliphatic heterocycles. The third kappa shape index (κ3) is 6.76. The fraction of sp³-hybridized carbons (Fsp3) is 0.444. The van der Waals surface area contributed by atoms with Crippen molar-refractivity contribution in [2.45, 2.75) is 39.2 Å². The largest absolute Gasteiger partial charge is 0.356 e. The molecule has 0 radical (unpaired) electrons. The van der Waals surface area contributed by atoms with E-state index in [1.54, 1.807) is 18.4 Å². The van der Waals surface area contributed by atoms with E-state index in [1.807, 2.05) is 6.07 Å². The van der Waals surface area contributed by atoms with E-state index >= 15 is 0 Å². The van der Waals surface area contributed by atoms with Gasteiger partial charge < -0.3 is 10.6 Å². The Morgan fingerprint density at radius 3 is 2.46 bits per heavy atom. The smallest absolute Gasteiger partial charge is 0.191 e. The topological polar surface area (TPSA) is 49.3 Å². The zero-order chi connectivity index (χ0) is 16.7. The predicted molar refractivity (Wildman–Crippen MR) is 115 cm³/mol. The highest BCUT2D eigenvalue weighted by Crippen LogP contribution is 2.23. The Bertz CT molecular complexity index is 632. The molecule has 6 heteroatoms. The van der Waals surface area contributed by atoms with Gasteiger partial charge in [-0.2, -0.15) is 0 Å². The highest BCUT2D eigenvalue weighted by molar-refractivity contribution is 14.0. The van der Waals surface area contributed by atoms with Crippen LogP contribution in [0.15, 0.2) is 40.7 Å². The molecule has 132 valence electrons. The molecular formula is C18H27IN4S. The van der Waals surface area contributed by atoms with Crippen LogP contribution in [0.5, 0.6) is 0 Å². The quantitative estimate of drug-likeness (QED) is 0.405. The van der Waals surface area contributed by atoms with Gasteiger partial charge in [-0.3, -0.25) is 4.99 Å². The van der Waals surface area contributed by atoms with E-state index in [-0.39, 0.29) is 29.4 Å². The minimum Gasteiger partial charge on any atom is -0.356 e. The summed E-state index contributed by atoms with van der Waals surface area (Å²) in [6.45, 7) is 8.11. The Morgan fingerprint density at radius 2 is 1.88 bits per heavy atom. The van der Waals surface area contributed by atoms with Gasteiger partial charge in [-0.05, 0) is 12.0 Å². The molecule has 2 rings (SSSR count). The van der Waals surface area contributed by atoms with E-state index in [4.69, 9.17) is 0 Å². The average Bonchev–Trinajstić information content (AvgIpc) is 3.01. The van der Waals surface area contributed by atoms with E-state index in [0.717, 1.165) is 29.6 Å². The number of hydrogen-bond donors (Lipinski definition) is 2. The molecule has 0 bridgehead atoms. The molecule has 0 saturated carbocycles. The summed E-state index contributed by atoms with van der Waals surface area (Å²) < 4.78 is 0. The summed E-state index contributed by atoms with van der Waals surface area (Å²) in [7, 11) is 1.79. The number of rotatable bonds is 5. The standard InChI is InChI=1S/C18H26N4S.HI/c1-18(2,3)15-13-23-16(22-15)12-21-17(19-4)20-11-10-14-8-6-5-7-9-14;/h5-9,13H,10-12H2,1-4H3,(H2,19,20,21);1H.